The van der Waals surface area contributed by atoms with Crippen LogP contribution in [0, 0.1) is 12.8 Å². The fourth-order valence-electron chi connectivity index (χ4n) is 4.65. The number of carbonyl (C=O) groups excluding carboxylic acids is 1. The van der Waals surface area contributed by atoms with Crippen molar-refractivity contribution in [3.8, 4) is 46.5 Å². The molecule has 4 aromatic rings. The molecule has 1 atom stereocenters. The zero-order valence-corrected chi connectivity index (χ0v) is 23.7. The lowest BCUT2D eigenvalue weighted by molar-refractivity contribution is -0.126. The second kappa shape index (κ2) is 16.0. The van der Waals surface area contributed by atoms with Gasteiger partial charge in [0.25, 0.3) is 6.47 Å². The first kappa shape index (κ1) is 30.4. The molecule has 0 amide bonds. The third-order valence-corrected chi connectivity index (χ3v) is 6.67. The van der Waals surface area contributed by atoms with Gasteiger partial charge in [0, 0.05) is 11.3 Å². The first-order valence-corrected chi connectivity index (χ1v) is 13.7. The number of imidazole rings is 2. The minimum Gasteiger partial charge on any atom is -0.471 e. The first-order chi connectivity index (χ1) is 19.7. The summed E-state index contributed by atoms with van der Waals surface area (Å²) in [6.07, 6.45) is 14.4. The molecule has 2 aromatic carbocycles. The van der Waals surface area contributed by atoms with Crippen LogP contribution in [-0.2, 0) is 22.5 Å². The lowest BCUT2D eigenvalue weighted by Gasteiger charge is -2.06. The number of aromatic amines is 2. The number of terminal acetylenes is 1. The Bertz CT molecular complexity index is 1320. The second-order valence-corrected chi connectivity index (χ2v) is 9.36. The molecule has 0 spiro atoms. The fraction of sp³-hybridized carbons (Fsp3) is 0.344. The Morgan fingerprint density at radius 3 is 2.17 bits per heavy atom. The summed E-state index contributed by atoms with van der Waals surface area (Å²) in [5.74, 6) is 2.05. The molecule has 5 rings (SSSR count). The van der Waals surface area contributed by atoms with E-state index in [1.165, 1.54) is 35.9 Å². The highest BCUT2D eigenvalue weighted by Crippen LogP contribution is 2.30. The molecule has 1 aliphatic rings. The molecule has 40 heavy (non-hydrogen) atoms. The summed E-state index contributed by atoms with van der Waals surface area (Å²) in [7, 11) is 1.31. The van der Waals surface area contributed by atoms with Crippen LogP contribution in [0.15, 0.2) is 54.7 Å². The number of rotatable bonds is 10. The van der Waals surface area contributed by atoms with Crippen molar-refractivity contribution in [1.82, 2.24) is 30.6 Å². The van der Waals surface area contributed by atoms with Gasteiger partial charge in [0.15, 0.2) is 0 Å². The number of benzene rings is 2. The van der Waals surface area contributed by atoms with Crippen LogP contribution in [0.3, 0.4) is 0 Å². The SMILES string of the molecule is C#C.CCCNCc1ncc(-c2ccc(-c3ccc(-c4nc([C@@H]5CCCN5)[nH]c4CC)cc3)cc2)[nH]1.COC=O. The molecule has 2 aromatic heterocycles. The van der Waals surface area contributed by atoms with Crippen LogP contribution in [-0.4, -0.2) is 46.6 Å². The number of aromatic nitrogens is 4. The first-order valence-electron chi connectivity index (χ1n) is 13.7. The normalized spacial score (nSPS) is 14.0. The number of hydrogen-bond donors (Lipinski definition) is 4. The second-order valence-electron chi connectivity index (χ2n) is 9.36. The third kappa shape index (κ3) is 7.92. The van der Waals surface area contributed by atoms with Gasteiger partial charge in [-0.1, -0.05) is 62.4 Å². The van der Waals surface area contributed by atoms with Crippen LogP contribution in [0.25, 0.3) is 33.6 Å². The molecule has 0 aliphatic carbocycles. The smallest absolute Gasteiger partial charge is 0.292 e. The van der Waals surface area contributed by atoms with Crippen LogP contribution < -0.4 is 10.6 Å². The average Bonchev–Trinajstić information content (AvgIpc) is 3.80. The van der Waals surface area contributed by atoms with Gasteiger partial charge in [-0.2, -0.15) is 0 Å². The van der Waals surface area contributed by atoms with Crippen molar-refractivity contribution in [2.75, 3.05) is 20.2 Å². The summed E-state index contributed by atoms with van der Waals surface area (Å²) in [4.78, 5) is 25.4. The number of aryl methyl sites for hydroxylation is 1. The van der Waals surface area contributed by atoms with Crippen molar-refractivity contribution in [2.45, 2.75) is 52.1 Å². The average molecular weight is 541 g/mol. The summed E-state index contributed by atoms with van der Waals surface area (Å²) >= 11 is 0. The van der Waals surface area contributed by atoms with Gasteiger partial charge in [-0.15, -0.1) is 12.8 Å². The minimum absolute atomic E-state index is 0.357. The maximum absolute atomic E-state index is 8.95. The zero-order valence-electron chi connectivity index (χ0n) is 23.7. The Morgan fingerprint density at radius 2 is 1.62 bits per heavy atom. The van der Waals surface area contributed by atoms with Crippen LogP contribution >= 0.6 is 0 Å². The third-order valence-electron chi connectivity index (χ3n) is 6.67. The van der Waals surface area contributed by atoms with Crippen LogP contribution in [0.2, 0.25) is 0 Å². The van der Waals surface area contributed by atoms with E-state index in [0.29, 0.717) is 12.5 Å². The van der Waals surface area contributed by atoms with Crippen molar-refractivity contribution in [2.24, 2.45) is 0 Å². The Morgan fingerprint density at radius 1 is 1.00 bits per heavy atom. The number of carbonyl (C=O) groups is 1. The Kier molecular flexibility index (Phi) is 12.2. The highest BCUT2D eigenvalue weighted by molar-refractivity contribution is 5.72. The highest BCUT2D eigenvalue weighted by atomic mass is 16.5. The minimum atomic E-state index is 0.357. The van der Waals surface area contributed by atoms with Crippen molar-refractivity contribution in [3.63, 3.8) is 0 Å². The molecule has 1 aliphatic heterocycles. The van der Waals surface area contributed by atoms with Gasteiger partial charge in [-0.3, -0.25) is 4.79 Å². The summed E-state index contributed by atoms with van der Waals surface area (Å²) in [5.41, 5.74) is 8.06. The van der Waals surface area contributed by atoms with E-state index in [1.807, 2.05) is 6.20 Å². The lowest BCUT2D eigenvalue weighted by atomic mass is 10.0. The van der Waals surface area contributed by atoms with E-state index in [-0.39, 0.29) is 0 Å². The molecule has 8 nitrogen and oxygen atoms in total. The Balaban J connectivity index is 0.000000677. The van der Waals surface area contributed by atoms with Crippen LogP contribution in [0.4, 0.5) is 0 Å². The number of hydrogen-bond acceptors (Lipinski definition) is 6. The fourth-order valence-corrected chi connectivity index (χ4v) is 4.65. The molecule has 0 bridgehead atoms. The van der Waals surface area contributed by atoms with E-state index in [9.17, 15) is 0 Å². The number of nitrogens with one attached hydrogen (secondary N) is 4. The van der Waals surface area contributed by atoms with E-state index in [4.69, 9.17) is 9.78 Å². The molecule has 0 saturated carbocycles. The summed E-state index contributed by atoms with van der Waals surface area (Å²) in [5, 5.41) is 6.93. The predicted molar refractivity (Wildman–Crippen MR) is 161 cm³/mol. The maximum atomic E-state index is 8.95. The highest BCUT2D eigenvalue weighted by Gasteiger charge is 2.21. The lowest BCUT2D eigenvalue weighted by Crippen LogP contribution is -2.14. The quantitative estimate of drug-likeness (QED) is 0.117. The molecule has 1 fully saturated rings. The van der Waals surface area contributed by atoms with Gasteiger partial charge < -0.3 is 25.3 Å². The summed E-state index contributed by atoms with van der Waals surface area (Å²) in [6.45, 7) is 7.57. The summed E-state index contributed by atoms with van der Waals surface area (Å²) in [6, 6.07) is 17.8. The van der Waals surface area contributed by atoms with E-state index in [1.54, 1.807) is 0 Å². The van der Waals surface area contributed by atoms with Gasteiger partial charge in [-0.05, 0) is 55.5 Å². The van der Waals surface area contributed by atoms with Gasteiger partial charge in [-0.25, -0.2) is 9.97 Å². The topological polar surface area (TPSA) is 108 Å². The van der Waals surface area contributed by atoms with Gasteiger partial charge in [0.2, 0.25) is 0 Å². The van der Waals surface area contributed by atoms with E-state index < -0.39 is 0 Å². The Hall–Kier alpha value is -4.19. The summed E-state index contributed by atoms with van der Waals surface area (Å²) < 4.78 is 3.86. The number of H-pyrrole nitrogens is 2. The van der Waals surface area contributed by atoms with E-state index in [0.717, 1.165) is 67.5 Å². The number of methoxy groups -OCH3 is 1. The molecule has 3 heterocycles. The molecule has 1 saturated heterocycles. The molecule has 4 N–H and O–H groups in total. The van der Waals surface area contributed by atoms with Crippen molar-refractivity contribution in [1.29, 1.82) is 0 Å². The van der Waals surface area contributed by atoms with Gasteiger partial charge >= 0.3 is 0 Å². The van der Waals surface area contributed by atoms with Crippen molar-refractivity contribution in [3.05, 3.63) is 72.1 Å². The van der Waals surface area contributed by atoms with Crippen LogP contribution in [0.1, 0.15) is 56.5 Å². The van der Waals surface area contributed by atoms with Gasteiger partial charge in [0.05, 0.1) is 37.3 Å². The monoisotopic (exact) mass is 540 g/mol. The van der Waals surface area contributed by atoms with Crippen molar-refractivity contribution >= 4 is 6.47 Å². The molecule has 0 unspecified atom stereocenters. The predicted octanol–water partition coefficient (Wildman–Crippen LogP) is 5.66. The molecular weight excluding hydrogens is 500 g/mol. The van der Waals surface area contributed by atoms with Crippen molar-refractivity contribution < 1.29 is 9.53 Å². The Labute approximate surface area is 237 Å². The number of nitrogens with zero attached hydrogens (tertiary/aromatic N) is 2. The standard InChI is InChI=1S/C28H34N6.C2H4O2.C2H2/c1-3-15-29-18-26-31-17-25(32-26)21-11-7-19(8-12-21)20-9-13-22(14-10-20)27-23(4-2)33-28(34-27)24-6-5-16-30-24;1-4-2-3;1-2/h7-14,17,24,29-30H,3-6,15-16,18H2,1-2H3,(H,31,32)(H,33,34);2H,1H3;1-2H/t24-;;/m0../s1. The van der Waals surface area contributed by atoms with E-state index in [2.05, 4.69) is 106 Å². The molecule has 0 radical (unpaired) electrons. The maximum Gasteiger partial charge on any atom is 0.292 e. The number of ether oxygens (including phenoxy) is 1. The molecule has 8 heteroatoms. The molecule has 210 valence electrons. The largest absolute Gasteiger partial charge is 0.471 e. The van der Waals surface area contributed by atoms with Gasteiger partial charge in [0.1, 0.15) is 11.6 Å². The van der Waals surface area contributed by atoms with Crippen LogP contribution in [0.5, 0.6) is 0 Å². The zero-order chi connectivity index (χ0) is 28.7. The molecular formula is C32H40N6O2. The van der Waals surface area contributed by atoms with E-state index >= 15 is 0 Å².